The van der Waals surface area contributed by atoms with E-state index in [-0.39, 0.29) is 17.3 Å². The van der Waals surface area contributed by atoms with Gasteiger partial charge in [-0.25, -0.2) is 8.42 Å². The van der Waals surface area contributed by atoms with Crippen molar-refractivity contribution in [1.82, 2.24) is 8.87 Å². The summed E-state index contributed by atoms with van der Waals surface area (Å²) >= 11 is 0. The highest BCUT2D eigenvalue weighted by Gasteiger charge is 2.27. The zero-order valence-electron chi connectivity index (χ0n) is 17.5. The van der Waals surface area contributed by atoms with Gasteiger partial charge in [0.2, 0.25) is 15.9 Å². The van der Waals surface area contributed by atoms with E-state index in [4.69, 9.17) is 0 Å². The number of rotatable bonds is 6. The normalized spacial score (nSPS) is 17.6. The van der Waals surface area contributed by atoms with Crippen molar-refractivity contribution in [2.45, 2.75) is 43.5 Å². The lowest BCUT2D eigenvalue weighted by molar-refractivity contribution is -0.116. The molecule has 1 amide bonds. The van der Waals surface area contributed by atoms with Gasteiger partial charge in [0.1, 0.15) is 6.54 Å². The molecule has 2 fully saturated rings. The van der Waals surface area contributed by atoms with E-state index < -0.39 is 15.6 Å². The second kappa shape index (κ2) is 9.23. The fraction of sp³-hybridized carbons (Fsp3) is 0.455. The molecule has 0 atom stereocenters. The summed E-state index contributed by atoms with van der Waals surface area (Å²) < 4.78 is 28.0. The van der Waals surface area contributed by atoms with Crippen LogP contribution in [-0.2, 0) is 21.4 Å². The van der Waals surface area contributed by atoms with Crippen molar-refractivity contribution in [3.8, 4) is 0 Å². The summed E-state index contributed by atoms with van der Waals surface area (Å²) in [7, 11) is -3.65. The Hall–Kier alpha value is -2.65. The van der Waals surface area contributed by atoms with E-state index in [1.54, 1.807) is 0 Å². The second-order valence-electron chi connectivity index (χ2n) is 8.08. The van der Waals surface area contributed by atoms with Crippen LogP contribution in [0, 0.1) is 0 Å². The summed E-state index contributed by atoms with van der Waals surface area (Å²) in [5.41, 5.74) is 1.35. The first-order valence-corrected chi connectivity index (χ1v) is 12.2. The molecule has 1 aromatic heterocycles. The maximum atomic E-state index is 12.7. The topological polar surface area (TPSA) is 91.7 Å². The van der Waals surface area contributed by atoms with Gasteiger partial charge in [-0.1, -0.05) is 0 Å². The molecule has 0 bridgehead atoms. The van der Waals surface area contributed by atoms with Gasteiger partial charge in [-0.3, -0.25) is 9.59 Å². The number of piperidine rings is 1. The van der Waals surface area contributed by atoms with Crippen molar-refractivity contribution in [3.63, 3.8) is 0 Å². The number of amides is 1. The van der Waals surface area contributed by atoms with Crippen LogP contribution in [0.2, 0.25) is 0 Å². The third-order valence-corrected chi connectivity index (χ3v) is 7.73. The molecule has 4 rings (SSSR count). The summed E-state index contributed by atoms with van der Waals surface area (Å²) in [6, 6.07) is 10.2. The predicted octanol–water partition coefficient (Wildman–Crippen LogP) is 2.26. The van der Waals surface area contributed by atoms with Gasteiger partial charge in [0.15, 0.2) is 0 Å². The molecule has 2 aromatic rings. The Balaban J connectivity index is 1.43. The number of hydrogen-bond donors (Lipinski definition) is 1. The van der Waals surface area contributed by atoms with E-state index in [1.165, 1.54) is 41.9 Å². The first-order valence-electron chi connectivity index (χ1n) is 10.8. The summed E-state index contributed by atoms with van der Waals surface area (Å²) in [5.74, 6) is -0.386. The number of carbonyl (C=O) groups is 1. The number of nitrogens with one attached hydrogen (secondary N) is 1. The minimum absolute atomic E-state index is 0.0349. The molecule has 166 valence electrons. The Bertz CT molecular complexity index is 1080. The molecule has 0 saturated carbocycles. The number of carbonyl (C=O) groups excluding carboxylic acids is 1. The standard InChI is InChI=1S/C22H28N4O4S/c27-21(23-18-6-8-19(9-7-18)24-12-2-1-3-13-24)17-25-16-20(10-11-22(25)28)31(29,30)26-14-4-5-15-26/h6-11,16H,1-5,12-15,17H2,(H,23,27). The van der Waals surface area contributed by atoms with Gasteiger partial charge in [0, 0.05) is 49.8 Å². The average molecular weight is 445 g/mol. The number of benzene rings is 1. The van der Waals surface area contributed by atoms with Crippen LogP contribution in [0.25, 0.3) is 0 Å². The maximum Gasteiger partial charge on any atom is 0.251 e. The van der Waals surface area contributed by atoms with E-state index in [0.717, 1.165) is 36.2 Å². The molecule has 1 aromatic carbocycles. The SMILES string of the molecule is O=C(Cn1cc(S(=O)(=O)N2CCCC2)ccc1=O)Nc1ccc(N2CCCCC2)cc1. The van der Waals surface area contributed by atoms with Gasteiger partial charge in [0.25, 0.3) is 5.56 Å². The molecule has 31 heavy (non-hydrogen) atoms. The van der Waals surface area contributed by atoms with Gasteiger partial charge >= 0.3 is 0 Å². The minimum Gasteiger partial charge on any atom is -0.372 e. The lowest BCUT2D eigenvalue weighted by Gasteiger charge is -2.28. The van der Waals surface area contributed by atoms with Crippen LogP contribution >= 0.6 is 0 Å². The number of aromatic nitrogens is 1. The van der Waals surface area contributed by atoms with Crippen LogP contribution in [0.4, 0.5) is 11.4 Å². The Labute approximate surface area is 182 Å². The summed E-state index contributed by atoms with van der Waals surface area (Å²) in [5, 5.41) is 2.78. The lowest BCUT2D eigenvalue weighted by atomic mass is 10.1. The van der Waals surface area contributed by atoms with Gasteiger partial charge in [-0.15, -0.1) is 0 Å². The minimum atomic E-state index is -3.65. The predicted molar refractivity (Wildman–Crippen MR) is 120 cm³/mol. The molecule has 2 saturated heterocycles. The first kappa shape index (κ1) is 21.6. The average Bonchev–Trinajstić information content (AvgIpc) is 3.32. The van der Waals surface area contributed by atoms with Crippen LogP contribution in [0.1, 0.15) is 32.1 Å². The number of pyridine rings is 1. The van der Waals surface area contributed by atoms with E-state index in [0.29, 0.717) is 18.8 Å². The molecule has 0 radical (unpaired) electrons. The molecule has 0 aliphatic carbocycles. The van der Waals surface area contributed by atoms with Gasteiger partial charge in [-0.05, 0) is 62.4 Å². The third-order valence-electron chi connectivity index (χ3n) is 5.85. The summed E-state index contributed by atoms with van der Waals surface area (Å²) in [6.45, 7) is 2.80. The lowest BCUT2D eigenvalue weighted by Crippen LogP contribution is -2.31. The van der Waals surface area contributed by atoms with E-state index >= 15 is 0 Å². The number of nitrogens with zero attached hydrogens (tertiary/aromatic N) is 3. The Morgan fingerprint density at radius 2 is 1.52 bits per heavy atom. The van der Waals surface area contributed by atoms with E-state index in [9.17, 15) is 18.0 Å². The number of anilines is 2. The first-order chi connectivity index (χ1) is 14.9. The van der Waals surface area contributed by atoms with Crippen molar-refractivity contribution in [3.05, 3.63) is 52.9 Å². The highest BCUT2D eigenvalue weighted by molar-refractivity contribution is 7.89. The molecule has 8 nitrogen and oxygen atoms in total. The summed E-state index contributed by atoms with van der Waals surface area (Å²) in [4.78, 5) is 27.1. The smallest absolute Gasteiger partial charge is 0.251 e. The largest absolute Gasteiger partial charge is 0.372 e. The van der Waals surface area contributed by atoms with Crippen LogP contribution in [-0.4, -0.2) is 49.4 Å². The Morgan fingerprint density at radius 3 is 2.19 bits per heavy atom. The van der Waals surface area contributed by atoms with Crippen molar-refractivity contribution < 1.29 is 13.2 Å². The molecule has 3 heterocycles. The zero-order valence-corrected chi connectivity index (χ0v) is 18.3. The van der Waals surface area contributed by atoms with E-state index in [2.05, 4.69) is 10.2 Å². The van der Waals surface area contributed by atoms with Crippen molar-refractivity contribution >= 4 is 27.3 Å². The van der Waals surface area contributed by atoms with Gasteiger partial charge in [0.05, 0.1) is 4.90 Å². The molecular weight excluding hydrogens is 416 g/mol. The van der Waals surface area contributed by atoms with Crippen LogP contribution in [0.3, 0.4) is 0 Å². The van der Waals surface area contributed by atoms with Crippen LogP contribution in [0.5, 0.6) is 0 Å². The fourth-order valence-corrected chi connectivity index (χ4v) is 5.66. The van der Waals surface area contributed by atoms with Crippen molar-refractivity contribution in [2.24, 2.45) is 0 Å². The maximum absolute atomic E-state index is 12.7. The van der Waals surface area contributed by atoms with Gasteiger partial charge < -0.3 is 14.8 Å². The molecule has 0 spiro atoms. The number of sulfonamides is 1. The third kappa shape index (κ3) is 4.99. The highest BCUT2D eigenvalue weighted by Crippen LogP contribution is 2.22. The van der Waals surface area contributed by atoms with E-state index in [1.807, 2.05) is 24.3 Å². The highest BCUT2D eigenvalue weighted by atomic mass is 32.2. The van der Waals surface area contributed by atoms with Crippen molar-refractivity contribution in [2.75, 3.05) is 36.4 Å². The molecular formula is C22H28N4O4S. The Kier molecular flexibility index (Phi) is 6.43. The van der Waals surface area contributed by atoms with Crippen LogP contribution in [0.15, 0.2) is 52.3 Å². The molecule has 9 heteroatoms. The molecule has 0 unspecified atom stereocenters. The van der Waals surface area contributed by atoms with Crippen molar-refractivity contribution in [1.29, 1.82) is 0 Å². The molecule has 1 N–H and O–H groups in total. The summed E-state index contributed by atoms with van der Waals surface area (Å²) in [6.07, 6.45) is 6.58. The van der Waals surface area contributed by atoms with Gasteiger partial charge in [-0.2, -0.15) is 4.31 Å². The Morgan fingerprint density at radius 1 is 0.871 bits per heavy atom. The fourth-order valence-electron chi connectivity index (χ4n) is 4.13. The molecule has 2 aliphatic rings. The quantitative estimate of drug-likeness (QED) is 0.738. The number of hydrogen-bond acceptors (Lipinski definition) is 5. The monoisotopic (exact) mass is 444 g/mol. The second-order valence-corrected chi connectivity index (χ2v) is 10.0. The molecule has 2 aliphatic heterocycles. The zero-order chi connectivity index (χ0) is 21.8. The van der Waals surface area contributed by atoms with Crippen LogP contribution < -0.4 is 15.8 Å².